The molecule has 0 rings (SSSR count). The van der Waals surface area contributed by atoms with Crippen LogP contribution < -0.4 is 0 Å². The SMILES string of the molecule is CCCCCCCCCCCCCCCCCCC[S+]=O. The predicted molar refractivity (Wildman–Crippen MR) is 97.1 cm³/mol. The lowest BCUT2D eigenvalue weighted by atomic mass is 10.0. The Labute approximate surface area is 138 Å². The molecule has 0 saturated heterocycles. The van der Waals surface area contributed by atoms with Gasteiger partial charge in [0.25, 0.3) is 0 Å². The van der Waals surface area contributed by atoms with Gasteiger partial charge in [0.05, 0.1) is 0 Å². The molecule has 0 radical (unpaired) electrons. The van der Waals surface area contributed by atoms with Crippen molar-refractivity contribution in [3.8, 4) is 0 Å². The minimum absolute atomic E-state index is 0.739. The van der Waals surface area contributed by atoms with Crippen LogP contribution in [0.3, 0.4) is 0 Å². The highest BCUT2D eigenvalue weighted by atomic mass is 32.1. The molecule has 21 heavy (non-hydrogen) atoms. The van der Waals surface area contributed by atoms with Gasteiger partial charge in [-0.1, -0.05) is 103 Å². The Kier molecular flexibility index (Phi) is 20.0. The number of unbranched alkanes of at least 4 members (excludes halogenated alkanes) is 16. The molecule has 126 valence electrons. The van der Waals surface area contributed by atoms with E-state index in [-0.39, 0.29) is 0 Å². The van der Waals surface area contributed by atoms with Crippen LogP contribution in [-0.4, -0.2) is 5.75 Å². The van der Waals surface area contributed by atoms with Crippen molar-refractivity contribution in [1.82, 2.24) is 0 Å². The normalized spacial score (nSPS) is 10.9. The summed E-state index contributed by atoms with van der Waals surface area (Å²) in [5.74, 6) is 0.804. The Morgan fingerprint density at radius 3 is 1.05 bits per heavy atom. The molecule has 1 nitrogen and oxygen atoms in total. The maximum absolute atomic E-state index is 10.2. The van der Waals surface area contributed by atoms with E-state index in [2.05, 4.69) is 6.92 Å². The minimum atomic E-state index is 0.739. The Hall–Kier alpha value is 0.0200. The van der Waals surface area contributed by atoms with E-state index in [1.807, 2.05) is 0 Å². The van der Waals surface area contributed by atoms with Crippen molar-refractivity contribution in [3.63, 3.8) is 0 Å². The lowest BCUT2D eigenvalue weighted by molar-refractivity contribution is 0.529. The molecule has 0 aliphatic heterocycles. The van der Waals surface area contributed by atoms with E-state index in [0.29, 0.717) is 0 Å². The average Bonchev–Trinajstić information content (AvgIpc) is 2.50. The highest BCUT2D eigenvalue weighted by Crippen LogP contribution is 2.13. The van der Waals surface area contributed by atoms with Crippen molar-refractivity contribution in [3.05, 3.63) is 0 Å². The molecular formula is C19H39OS+. The van der Waals surface area contributed by atoms with Crippen LogP contribution in [0, 0.1) is 0 Å². The molecule has 0 aliphatic rings. The lowest BCUT2D eigenvalue weighted by Crippen LogP contribution is -1.85. The summed E-state index contributed by atoms with van der Waals surface area (Å²) in [5, 5.41) is 0. The molecule has 0 N–H and O–H groups in total. The first-order chi connectivity index (χ1) is 10.4. The third-order valence-electron chi connectivity index (χ3n) is 4.33. The maximum Gasteiger partial charge on any atom is 0.458 e. The van der Waals surface area contributed by atoms with Gasteiger partial charge in [0.15, 0.2) is 0 Å². The van der Waals surface area contributed by atoms with Gasteiger partial charge in [-0.15, -0.1) is 0 Å². The molecule has 0 aromatic carbocycles. The lowest BCUT2D eigenvalue weighted by Gasteiger charge is -2.03. The average molecular weight is 316 g/mol. The van der Waals surface area contributed by atoms with Gasteiger partial charge in [-0.3, -0.25) is 0 Å². The molecule has 0 aliphatic carbocycles. The van der Waals surface area contributed by atoms with E-state index in [9.17, 15) is 4.21 Å². The monoisotopic (exact) mass is 315 g/mol. The minimum Gasteiger partial charge on any atom is -0.0654 e. The molecule has 0 saturated carbocycles. The highest BCUT2D eigenvalue weighted by Gasteiger charge is 1.97. The second kappa shape index (κ2) is 20.0. The summed E-state index contributed by atoms with van der Waals surface area (Å²) in [6, 6.07) is 0. The first-order valence-electron chi connectivity index (χ1n) is 9.66. The first-order valence-corrected chi connectivity index (χ1v) is 10.6. The van der Waals surface area contributed by atoms with Crippen molar-refractivity contribution >= 4 is 11.7 Å². The largest absolute Gasteiger partial charge is 0.458 e. The Balaban J connectivity index is 2.91. The third-order valence-corrected chi connectivity index (χ3v) is 4.79. The second-order valence-electron chi connectivity index (χ2n) is 6.48. The van der Waals surface area contributed by atoms with E-state index >= 15 is 0 Å². The molecule has 0 atom stereocenters. The molecule has 2 heteroatoms. The predicted octanol–water partition coefficient (Wildman–Crippen LogP) is 7.07. The second-order valence-corrected chi connectivity index (χ2v) is 7.12. The third kappa shape index (κ3) is 20.0. The van der Waals surface area contributed by atoms with Gasteiger partial charge in [0.2, 0.25) is 5.75 Å². The molecule has 0 unspecified atom stereocenters. The zero-order valence-electron chi connectivity index (χ0n) is 14.5. The quantitative estimate of drug-likeness (QED) is 0.195. The van der Waals surface area contributed by atoms with Gasteiger partial charge >= 0.3 is 11.7 Å². The summed E-state index contributed by atoms with van der Waals surface area (Å²) in [5.41, 5.74) is 0. The zero-order chi connectivity index (χ0) is 15.4. The van der Waals surface area contributed by atoms with Gasteiger partial charge in [0, 0.05) is 10.6 Å². The first kappa shape index (κ1) is 21.0. The van der Waals surface area contributed by atoms with Crippen LogP contribution in [0.5, 0.6) is 0 Å². The topological polar surface area (TPSA) is 17.1 Å². The maximum atomic E-state index is 10.2. The summed E-state index contributed by atoms with van der Waals surface area (Å²) < 4.78 is 10.2. The van der Waals surface area contributed by atoms with Crippen LogP contribution in [0.25, 0.3) is 0 Å². The molecule has 0 aromatic rings. The van der Waals surface area contributed by atoms with Crippen LogP contribution in [0.15, 0.2) is 0 Å². The number of rotatable bonds is 18. The fraction of sp³-hybridized carbons (Fsp3) is 1.00. The molecule has 0 fully saturated rings. The van der Waals surface area contributed by atoms with Gasteiger partial charge in [-0.25, -0.2) is 0 Å². The summed E-state index contributed by atoms with van der Waals surface area (Å²) in [6.45, 7) is 2.29. The van der Waals surface area contributed by atoms with Gasteiger partial charge in [0.1, 0.15) is 0 Å². The number of hydrogen-bond acceptors (Lipinski definition) is 1. The van der Waals surface area contributed by atoms with Crippen LogP contribution in [-0.2, 0) is 15.9 Å². The Morgan fingerprint density at radius 2 is 0.762 bits per heavy atom. The van der Waals surface area contributed by atoms with Crippen LogP contribution in [0.4, 0.5) is 0 Å². The van der Waals surface area contributed by atoms with E-state index in [1.54, 1.807) is 0 Å². The van der Waals surface area contributed by atoms with Gasteiger partial charge in [-0.05, 0) is 6.42 Å². The molecule has 0 aromatic heterocycles. The summed E-state index contributed by atoms with van der Waals surface area (Å²) in [6.07, 6.45) is 23.8. The van der Waals surface area contributed by atoms with E-state index in [0.717, 1.165) is 23.8 Å². The van der Waals surface area contributed by atoms with E-state index < -0.39 is 0 Å². The number of hydrogen-bond donors (Lipinski definition) is 0. The van der Waals surface area contributed by atoms with Crippen LogP contribution >= 0.6 is 0 Å². The smallest absolute Gasteiger partial charge is 0.0654 e. The van der Waals surface area contributed by atoms with Crippen molar-refractivity contribution in [2.45, 2.75) is 116 Å². The fourth-order valence-electron chi connectivity index (χ4n) is 2.89. The van der Waals surface area contributed by atoms with Crippen molar-refractivity contribution in [2.75, 3.05) is 5.75 Å². The van der Waals surface area contributed by atoms with E-state index in [4.69, 9.17) is 0 Å². The van der Waals surface area contributed by atoms with Gasteiger partial charge in [-0.2, -0.15) is 0 Å². The van der Waals surface area contributed by atoms with Crippen molar-refractivity contribution in [1.29, 1.82) is 0 Å². The standard InChI is InChI=1S/C19H39OS/c1-2-3-4-5-6-7-8-9-10-11-12-13-14-15-16-17-18-19-21-20/h2-19H2,1H3/q+1. The van der Waals surface area contributed by atoms with Crippen LogP contribution in [0.1, 0.15) is 116 Å². The van der Waals surface area contributed by atoms with Crippen LogP contribution in [0.2, 0.25) is 0 Å². The molecule has 0 heterocycles. The highest BCUT2D eigenvalue weighted by molar-refractivity contribution is 7.65. The Morgan fingerprint density at radius 1 is 0.476 bits per heavy atom. The van der Waals surface area contributed by atoms with Crippen molar-refractivity contribution in [2.24, 2.45) is 0 Å². The van der Waals surface area contributed by atoms with E-state index in [1.165, 1.54) is 103 Å². The summed E-state index contributed by atoms with van der Waals surface area (Å²) in [4.78, 5) is 0. The molecule has 0 bridgehead atoms. The molecule has 0 amide bonds. The zero-order valence-corrected chi connectivity index (χ0v) is 15.4. The molecule has 0 spiro atoms. The van der Waals surface area contributed by atoms with Crippen molar-refractivity contribution < 1.29 is 4.21 Å². The summed E-state index contributed by atoms with van der Waals surface area (Å²) in [7, 11) is 0. The fourth-order valence-corrected chi connectivity index (χ4v) is 3.21. The molecular weight excluding hydrogens is 276 g/mol. The Bertz CT molecular complexity index is 194. The van der Waals surface area contributed by atoms with Gasteiger partial charge < -0.3 is 0 Å². The summed E-state index contributed by atoms with van der Waals surface area (Å²) >= 11 is 0.739.